The van der Waals surface area contributed by atoms with Crippen molar-refractivity contribution in [3.63, 3.8) is 0 Å². The molecule has 1 aromatic rings. The number of esters is 1. The summed E-state index contributed by atoms with van der Waals surface area (Å²) in [6, 6.07) is 2.99. The average molecular weight is 230 g/mol. The van der Waals surface area contributed by atoms with Crippen molar-refractivity contribution in [2.75, 3.05) is 12.3 Å². The van der Waals surface area contributed by atoms with Crippen molar-refractivity contribution in [3.05, 3.63) is 22.7 Å². The molecule has 5 heteroatoms. The highest BCUT2D eigenvalue weighted by atomic mass is 35.5. The third-order valence-electron chi connectivity index (χ3n) is 1.81. The van der Waals surface area contributed by atoms with E-state index in [0.29, 0.717) is 12.2 Å². The lowest BCUT2D eigenvalue weighted by Crippen LogP contribution is -2.07. The topological polar surface area (TPSA) is 72.5 Å². The molecule has 3 N–H and O–H groups in total. The molecule has 82 valence electrons. The van der Waals surface area contributed by atoms with Crippen LogP contribution in [0.5, 0.6) is 5.75 Å². The first-order valence-corrected chi connectivity index (χ1v) is 4.85. The van der Waals surface area contributed by atoms with Crippen LogP contribution in [0.4, 0.5) is 5.69 Å². The molecule has 1 aromatic carbocycles. The number of ether oxygens (including phenoxy) is 1. The van der Waals surface area contributed by atoms with Crippen LogP contribution < -0.4 is 5.73 Å². The standard InChI is InChI=1S/C10H12ClNO3/c1-2-15-9(13)5-6-3-7(11)10(14)8(12)4-6/h3-4,14H,2,5,12H2,1H3. The van der Waals surface area contributed by atoms with Gasteiger partial charge in [0.05, 0.1) is 23.7 Å². The molecule has 0 aromatic heterocycles. The Kier molecular flexibility index (Phi) is 3.80. The SMILES string of the molecule is CCOC(=O)Cc1cc(N)c(O)c(Cl)c1. The summed E-state index contributed by atoms with van der Waals surface area (Å²) in [7, 11) is 0. The second kappa shape index (κ2) is 4.89. The van der Waals surface area contributed by atoms with E-state index in [1.807, 2.05) is 0 Å². The van der Waals surface area contributed by atoms with E-state index in [0.717, 1.165) is 0 Å². The molecule has 1 rings (SSSR count). The van der Waals surface area contributed by atoms with Gasteiger partial charge in [-0.25, -0.2) is 0 Å². The predicted molar refractivity (Wildman–Crippen MR) is 57.9 cm³/mol. The molecule has 15 heavy (non-hydrogen) atoms. The number of nitrogen functional groups attached to an aromatic ring is 1. The van der Waals surface area contributed by atoms with Crippen molar-refractivity contribution in [3.8, 4) is 5.75 Å². The Hall–Kier alpha value is -1.42. The maximum Gasteiger partial charge on any atom is 0.310 e. The lowest BCUT2D eigenvalue weighted by molar-refractivity contribution is -0.142. The summed E-state index contributed by atoms with van der Waals surface area (Å²) in [4.78, 5) is 11.2. The summed E-state index contributed by atoms with van der Waals surface area (Å²) in [5.41, 5.74) is 6.26. The maximum absolute atomic E-state index is 11.2. The third kappa shape index (κ3) is 3.02. The van der Waals surface area contributed by atoms with Crippen molar-refractivity contribution in [1.29, 1.82) is 0 Å². The van der Waals surface area contributed by atoms with Gasteiger partial charge in [0, 0.05) is 0 Å². The van der Waals surface area contributed by atoms with E-state index < -0.39 is 0 Å². The quantitative estimate of drug-likeness (QED) is 0.470. The summed E-state index contributed by atoms with van der Waals surface area (Å²) in [6.07, 6.45) is 0.0953. The Balaban J connectivity index is 2.83. The summed E-state index contributed by atoms with van der Waals surface area (Å²) in [6.45, 7) is 2.07. The first kappa shape index (κ1) is 11.7. The van der Waals surface area contributed by atoms with E-state index in [1.54, 1.807) is 6.92 Å². The Morgan fingerprint density at radius 3 is 2.80 bits per heavy atom. The van der Waals surface area contributed by atoms with E-state index >= 15 is 0 Å². The zero-order valence-corrected chi connectivity index (χ0v) is 9.04. The molecule has 0 saturated carbocycles. The van der Waals surface area contributed by atoms with Crippen molar-refractivity contribution < 1.29 is 14.6 Å². The van der Waals surface area contributed by atoms with Gasteiger partial charge in [-0.2, -0.15) is 0 Å². The monoisotopic (exact) mass is 229 g/mol. The number of aromatic hydroxyl groups is 1. The van der Waals surface area contributed by atoms with Gasteiger partial charge < -0.3 is 15.6 Å². The van der Waals surface area contributed by atoms with Crippen LogP contribution in [0.25, 0.3) is 0 Å². The van der Waals surface area contributed by atoms with Gasteiger partial charge in [0.1, 0.15) is 0 Å². The molecule has 0 atom stereocenters. The molecule has 0 radical (unpaired) electrons. The maximum atomic E-state index is 11.2. The van der Waals surface area contributed by atoms with Gasteiger partial charge in [0.15, 0.2) is 5.75 Å². The van der Waals surface area contributed by atoms with Crippen molar-refractivity contribution in [1.82, 2.24) is 0 Å². The number of rotatable bonds is 3. The molecular formula is C10H12ClNO3. The minimum Gasteiger partial charge on any atom is -0.504 e. The van der Waals surface area contributed by atoms with Crippen LogP contribution in [-0.2, 0) is 16.0 Å². The second-order valence-corrected chi connectivity index (χ2v) is 3.40. The van der Waals surface area contributed by atoms with Gasteiger partial charge >= 0.3 is 5.97 Å². The Morgan fingerprint density at radius 1 is 1.60 bits per heavy atom. The number of phenolic OH excluding ortho intramolecular Hbond substituents is 1. The zero-order chi connectivity index (χ0) is 11.4. The Bertz CT molecular complexity index is 356. The smallest absolute Gasteiger partial charge is 0.310 e. The van der Waals surface area contributed by atoms with E-state index in [2.05, 4.69) is 0 Å². The molecule has 0 amide bonds. The molecule has 0 heterocycles. The van der Waals surface area contributed by atoms with E-state index in [4.69, 9.17) is 22.1 Å². The number of anilines is 1. The summed E-state index contributed by atoms with van der Waals surface area (Å²) < 4.78 is 4.77. The lowest BCUT2D eigenvalue weighted by Gasteiger charge is -2.06. The molecule has 0 fully saturated rings. The van der Waals surface area contributed by atoms with Crippen LogP contribution >= 0.6 is 11.6 Å². The number of hydrogen-bond acceptors (Lipinski definition) is 4. The molecule has 4 nitrogen and oxygen atoms in total. The van der Waals surface area contributed by atoms with Gasteiger partial charge in [-0.1, -0.05) is 11.6 Å². The van der Waals surface area contributed by atoms with Crippen LogP contribution in [0.2, 0.25) is 5.02 Å². The Labute approximate surface area is 92.6 Å². The fraction of sp³-hybridized carbons (Fsp3) is 0.300. The Morgan fingerprint density at radius 2 is 2.27 bits per heavy atom. The second-order valence-electron chi connectivity index (χ2n) is 3.00. The number of nitrogens with two attached hydrogens (primary N) is 1. The van der Waals surface area contributed by atoms with E-state index in [9.17, 15) is 9.90 Å². The molecule has 0 bridgehead atoms. The molecule has 0 aliphatic carbocycles. The number of phenols is 1. The normalized spacial score (nSPS) is 10.0. The zero-order valence-electron chi connectivity index (χ0n) is 8.29. The minimum atomic E-state index is -0.348. The van der Waals surface area contributed by atoms with Crippen molar-refractivity contribution in [2.24, 2.45) is 0 Å². The highest BCUT2D eigenvalue weighted by molar-refractivity contribution is 6.32. The minimum absolute atomic E-state index is 0.0953. The number of hydrogen-bond donors (Lipinski definition) is 2. The number of halogens is 1. The van der Waals surface area contributed by atoms with Crippen LogP contribution in [0.1, 0.15) is 12.5 Å². The fourth-order valence-corrected chi connectivity index (χ4v) is 1.41. The van der Waals surface area contributed by atoms with Gasteiger partial charge in [0.2, 0.25) is 0 Å². The summed E-state index contributed by atoms with van der Waals surface area (Å²) in [5, 5.41) is 9.43. The number of carbonyl (C=O) groups excluding carboxylic acids is 1. The molecule has 0 spiro atoms. The van der Waals surface area contributed by atoms with Gasteiger partial charge in [-0.05, 0) is 24.6 Å². The first-order chi connectivity index (χ1) is 7.04. The van der Waals surface area contributed by atoms with Crippen LogP contribution in [0.3, 0.4) is 0 Å². The molecule has 0 aliphatic heterocycles. The van der Waals surface area contributed by atoms with Gasteiger partial charge in [-0.3, -0.25) is 4.79 Å². The summed E-state index contributed by atoms with van der Waals surface area (Å²) in [5.74, 6) is -0.511. The van der Waals surface area contributed by atoms with E-state index in [-0.39, 0.29) is 28.8 Å². The van der Waals surface area contributed by atoms with Gasteiger partial charge in [-0.15, -0.1) is 0 Å². The largest absolute Gasteiger partial charge is 0.504 e. The molecule has 0 unspecified atom stereocenters. The molecular weight excluding hydrogens is 218 g/mol. The lowest BCUT2D eigenvalue weighted by atomic mass is 10.1. The average Bonchev–Trinajstić information content (AvgIpc) is 2.14. The van der Waals surface area contributed by atoms with Crippen LogP contribution in [-0.4, -0.2) is 17.7 Å². The number of benzene rings is 1. The summed E-state index contributed by atoms with van der Waals surface area (Å²) >= 11 is 5.70. The van der Waals surface area contributed by atoms with E-state index in [1.165, 1.54) is 12.1 Å². The van der Waals surface area contributed by atoms with Crippen LogP contribution in [0.15, 0.2) is 12.1 Å². The predicted octanol–water partition coefficient (Wildman–Crippen LogP) is 1.73. The molecule has 0 aliphatic rings. The fourth-order valence-electron chi connectivity index (χ4n) is 1.16. The number of carbonyl (C=O) groups is 1. The third-order valence-corrected chi connectivity index (χ3v) is 2.09. The van der Waals surface area contributed by atoms with Crippen LogP contribution in [0, 0.1) is 0 Å². The highest BCUT2D eigenvalue weighted by Crippen LogP contribution is 2.31. The molecule has 0 saturated heterocycles. The first-order valence-electron chi connectivity index (χ1n) is 4.47. The van der Waals surface area contributed by atoms with Crippen molar-refractivity contribution >= 4 is 23.3 Å². The van der Waals surface area contributed by atoms with Crippen molar-refractivity contribution in [2.45, 2.75) is 13.3 Å². The highest BCUT2D eigenvalue weighted by Gasteiger charge is 2.09. The van der Waals surface area contributed by atoms with Gasteiger partial charge in [0.25, 0.3) is 0 Å².